The number of carbonyl (C=O) groups is 1. The van der Waals surface area contributed by atoms with Gasteiger partial charge in [0.2, 0.25) is 5.89 Å². The number of aliphatic hydroxyl groups is 1. The molecule has 1 fully saturated rings. The summed E-state index contributed by atoms with van der Waals surface area (Å²) >= 11 is 0. The first-order valence-electron chi connectivity index (χ1n) is 8.33. The quantitative estimate of drug-likeness (QED) is 0.814. The number of piperidine rings is 1. The zero-order valence-corrected chi connectivity index (χ0v) is 14.3. The van der Waals surface area contributed by atoms with Crippen molar-refractivity contribution >= 4 is 5.91 Å². The van der Waals surface area contributed by atoms with Crippen molar-refractivity contribution in [3.8, 4) is 0 Å². The molecule has 2 rings (SSSR count). The molecule has 23 heavy (non-hydrogen) atoms. The van der Waals surface area contributed by atoms with E-state index in [0.29, 0.717) is 31.3 Å². The predicted molar refractivity (Wildman–Crippen MR) is 86.9 cm³/mol. The van der Waals surface area contributed by atoms with Gasteiger partial charge in [0, 0.05) is 24.9 Å². The van der Waals surface area contributed by atoms with Crippen molar-refractivity contribution < 1.29 is 14.3 Å². The molecule has 1 aliphatic rings. The van der Waals surface area contributed by atoms with E-state index >= 15 is 0 Å². The van der Waals surface area contributed by atoms with Crippen molar-refractivity contribution in [1.29, 1.82) is 0 Å². The summed E-state index contributed by atoms with van der Waals surface area (Å²) in [5.74, 6) is 0.736. The molecule has 1 amide bonds. The molecular formula is C17H27N3O3. The maximum absolute atomic E-state index is 12.6. The third-order valence-electron chi connectivity index (χ3n) is 4.30. The van der Waals surface area contributed by atoms with Gasteiger partial charge in [-0.25, -0.2) is 0 Å². The van der Waals surface area contributed by atoms with Crippen molar-refractivity contribution in [3.63, 3.8) is 0 Å². The van der Waals surface area contributed by atoms with E-state index in [1.54, 1.807) is 4.90 Å². The first kappa shape index (κ1) is 17.7. The number of amides is 1. The molecule has 6 nitrogen and oxygen atoms in total. The number of hydrogen-bond donors (Lipinski definition) is 1. The van der Waals surface area contributed by atoms with Gasteiger partial charge in [0.1, 0.15) is 0 Å². The van der Waals surface area contributed by atoms with E-state index in [1.165, 1.54) is 0 Å². The average molecular weight is 321 g/mol. The summed E-state index contributed by atoms with van der Waals surface area (Å²) in [6.45, 7) is 7.52. The second-order valence-corrected chi connectivity index (χ2v) is 6.86. The summed E-state index contributed by atoms with van der Waals surface area (Å²) < 4.78 is 5.46. The summed E-state index contributed by atoms with van der Waals surface area (Å²) in [7, 11) is 0. The Morgan fingerprint density at radius 3 is 2.91 bits per heavy atom. The first-order chi connectivity index (χ1) is 11.0. The lowest BCUT2D eigenvalue weighted by molar-refractivity contribution is 0.0140. The van der Waals surface area contributed by atoms with E-state index in [2.05, 4.69) is 24.0 Å². The number of likely N-dealkylation sites (tertiary alicyclic amines) is 1. The van der Waals surface area contributed by atoms with Gasteiger partial charge >= 0.3 is 11.8 Å². The summed E-state index contributed by atoms with van der Waals surface area (Å²) in [5, 5.41) is 17.6. The maximum Gasteiger partial charge on any atom is 0.311 e. The van der Waals surface area contributed by atoms with Gasteiger partial charge in [-0.2, -0.15) is 0 Å². The molecule has 1 aliphatic heterocycles. The van der Waals surface area contributed by atoms with Gasteiger partial charge in [-0.3, -0.25) is 4.79 Å². The van der Waals surface area contributed by atoms with Gasteiger partial charge in [-0.1, -0.05) is 26.0 Å². The topological polar surface area (TPSA) is 79.5 Å². The lowest BCUT2D eigenvalue weighted by atomic mass is 9.74. The van der Waals surface area contributed by atoms with Crippen LogP contribution < -0.4 is 0 Å². The minimum absolute atomic E-state index is 0.0442. The zero-order chi connectivity index (χ0) is 16.9. The molecule has 0 bridgehead atoms. The van der Waals surface area contributed by atoms with Crippen molar-refractivity contribution in [2.45, 2.75) is 46.5 Å². The van der Waals surface area contributed by atoms with Crippen molar-refractivity contribution in [3.05, 3.63) is 23.9 Å². The molecule has 6 heteroatoms. The minimum Gasteiger partial charge on any atom is -0.417 e. The molecule has 128 valence electrons. The van der Waals surface area contributed by atoms with Crippen LogP contribution in [0.4, 0.5) is 0 Å². The number of aromatic nitrogens is 2. The van der Waals surface area contributed by atoms with Crippen molar-refractivity contribution in [2.75, 3.05) is 19.7 Å². The smallest absolute Gasteiger partial charge is 0.311 e. The Balaban J connectivity index is 2.08. The molecule has 0 saturated carbocycles. The molecule has 2 heterocycles. The normalized spacial score (nSPS) is 22.2. The lowest BCUT2D eigenvalue weighted by Crippen LogP contribution is -2.48. The van der Waals surface area contributed by atoms with Crippen LogP contribution in [0.5, 0.6) is 0 Å². The number of rotatable bonds is 6. The largest absolute Gasteiger partial charge is 0.417 e. The monoisotopic (exact) mass is 321 g/mol. The Hall–Kier alpha value is -1.69. The standard InChI is InChI=1S/C17H27N3O3/c1-4-5-7-14-18-19-15(23-14)16(22)20-9-6-8-17(11-20,12-21)10-13(2)3/h4-5,13,21H,6-12H2,1-3H3/b5-4+/t17-/m0/s1. The average Bonchev–Trinajstić information content (AvgIpc) is 3.00. The van der Waals surface area contributed by atoms with E-state index in [9.17, 15) is 9.90 Å². The molecule has 1 aromatic rings. The summed E-state index contributed by atoms with van der Waals surface area (Å²) in [6, 6.07) is 0. The second-order valence-electron chi connectivity index (χ2n) is 6.86. The molecule has 0 spiro atoms. The van der Waals surface area contributed by atoms with Crippen LogP contribution in [0.25, 0.3) is 0 Å². The van der Waals surface area contributed by atoms with Gasteiger partial charge < -0.3 is 14.4 Å². The van der Waals surface area contributed by atoms with Gasteiger partial charge in [-0.15, -0.1) is 10.2 Å². The Bertz CT molecular complexity index is 553. The van der Waals surface area contributed by atoms with Crippen molar-refractivity contribution in [1.82, 2.24) is 15.1 Å². The molecule has 1 saturated heterocycles. The molecule has 1 atom stereocenters. The first-order valence-corrected chi connectivity index (χ1v) is 8.33. The van der Waals surface area contributed by atoms with Crippen LogP contribution in [-0.2, 0) is 6.42 Å². The Kier molecular flexibility index (Phi) is 5.93. The van der Waals surface area contributed by atoms with Crippen LogP contribution in [0.1, 0.15) is 56.6 Å². The SMILES string of the molecule is C/C=C/Cc1nnc(C(=O)N2CCC[C@](CO)(CC(C)C)C2)o1. The van der Waals surface area contributed by atoms with E-state index in [4.69, 9.17) is 4.42 Å². The molecule has 1 N–H and O–H groups in total. The fourth-order valence-corrected chi connectivity index (χ4v) is 3.38. The highest BCUT2D eigenvalue weighted by molar-refractivity contribution is 5.89. The highest BCUT2D eigenvalue weighted by atomic mass is 16.4. The number of aliphatic hydroxyl groups excluding tert-OH is 1. The molecule has 0 aliphatic carbocycles. The summed E-state index contributed by atoms with van der Waals surface area (Å²) in [6.07, 6.45) is 7.08. The maximum atomic E-state index is 12.6. The third-order valence-corrected chi connectivity index (χ3v) is 4.30. The van der Waals surface area contributed by atoms with E-state index in [1.807, 2.05) is 19.1 Å². The van der Waals surface area contributed by atoms with Gasteiger partial charge in [0.25, 0.3) is 0 Å². The predicted octanol–water partition coefficient (Wildman–Crippen LogP) is 2.45. The van der Waals surface area contributed by atoms with E-state index in [-0.39, 0.29) is 23.8 Å². The second kappa shape index (κ2) is 7.73. The number of carbonyl (C=O) groups excluding carboxylic acids is 1. The van der Waals surface area contributed by atoms with Crippen LogP contribution in [0, 0.1) is 11.3 Å². The van der Waals surface area contributed by atoms with Gasteiger partial charge in [0.05, 0.1) is 6.61 Å². The molecule has 1 aromatic heterocycles. The third kappa shape index (κ3) is 4.41. The summed E-state index contributed by atoms with van der Waals surface area (Å²) in [5.41, 5.74) is -0.212. The van der Waals surface area contributed by atoms with Crippen LogP contribution in [-0.4, -0.2) is 45.8 Å². The molecule has 0 unspecified atom stereocenters. The molecule has 0 radical (unpaired) electrons. The number of nitrogens with zero attached hydrogens (tertiary/aromatic N) is 3. The van der Waals surface area contributed by atoms with Crippen LogP contribution in [0.3, 0.4) is 0 Å². The zero-order valence-electron chi connectivity index (χ0n) is 14.3. The molecule has 0 aromatic carbocycles. The number of allylic oxidation sites excluding steroid dienone is 2. The highest BCUT2D eigenvalue weighted by Gasteiger charge is 2.38. The fourth-order valence-electron chi connectivity index (χ4n) is 3.38. The van der Waals surface area contributed by atoms with Crippen molar-refractivity contribution in [2.24, 2.45) is 11.3 Å². The Morgan fingerprint density at radius 2 is 2.26 bits per heavy atom. The van der Waals surface area contributed by atoms with E-state index in [0.717, 1.165) is 19.3 Å². The van der Waals surface area contributed by atoms with E-state index < -0.39 is 0 Å². The highest BCUT2D eigenvalue weighted by Crippen LogP contribution is 2.36. The van der Waals surface area contributed by atoms with Crippen LogP contribution in [0.2, 0.25) is 0 Å². The lowest BCUT2D eigenvalue weighted by Gasteiger charge is -2.42. The van der Waals surface area contributed by atoms with Gasteiger partial charge in [-0.05, 0) is 32.1 Å². The Morgan fingerprint density at radius 1 is 1.48 bits per heavy atom. The van der Waals surface area contributed by atoms with Crippen LogP contribution >= 0.6 is 0 Å². The summed E-state index contributed by atoms with van der Waals surface area (Å²) in [4.78, 5) is 14.4. The molecular weight excluding hydrogens is 294 g/mol. The van der Waals surface area contributed by atoms with Gasteiger partial charge in [0.15, 0.2) is 0 Å². The Labute approximate surface area is 137 Å². The number of hydrogen-bond acceptors (Lipinski definition) is 5. The van der Waals surface area contributed by atoms with Crippen LogP contribution in [0.15, 0.2) is 16.6 Å². The fraction of sp³-hybridized carbons (Fsp3) is 0.706. The minimum atomic E-state index is -0.231.